The molecule has 4 nitrogen and oxygen atoms in total. The van der Waals surface area contributed by atoms with Crippen molar-refractivity contribution < 1.29 is 14.0 Å². The molecule has 4 rings (SSSR count). The minimum absolute atomic E-state index is 0.144. The SMILES string of the molecule is CCc1ccc(NC2=C(c3ccc(F)cc3)C(=O)N(c3ccc(Cl)cc3)C2=O)cc1. The summed E-state index contributed by atoms with van der Waals surface area (Å²) in [7, 11) is 0. The zero-order valence-corrected chi connectivity index (χ0v) is 16.9. The van der Waals surface area contributed by atoms with Crippen molar-refractivity contribution in [3.05, 3.63) is 100 Å². The van der Waals surface area contributed by atoms with Crippen molar-refractivity contribution in [3.8, 4) is 0 Å². The van der Waals surface area contributed by atoms with Gasteiger partial charge >= 0.3 is 0 Å². The summed E-state index contributed by atoms with van der Waals surface area (Å²) < 4.78 is 13.4. The van der Waals surface area contributed by atoms with Gasteiger partial charge in [-0.05, 0) is 66.1 Å². The van der Waals surface area contributed by atoms with Crippen molar-refractivity contribution in [2.75, 3.05) is 10.2 Å². The molecule has 1 heterocycles. The molecule has 2 amide bonds. The van der Waals surface area contributed by atoms with Crippen LogP contribution in [0, 0.1) is 5.82 Å². The summed E-state index contributed by atoms with van der Waals surface area (Å²) in [6.07, 6.45) is 0.894. The number of rotatable bonds is 5. The molecule has 6 heteroatoms. The second kappa shape index (κ2) is 8.13. The van der Waals surface area contributed by atoms with Gasteiger partial charge in [0.15, 0.2) is 0 Å². The van der Waals surface area contributed by atoms with Crippen molar-refractivity contribution in [3.63, 3.8) is 0 Å². The fraction of sp³-hybridized carbons (Fsp3) is 0.0833. The zero-order valence-electron chi connectivity index (χ0n) is 16.2. The Morgan fingerprint density at radius 2 is 1.50 bits per heavy atom. The van der Waals surface area contributed by atoms with Gasteiger partial charge in [0.25, 0.3) is 11.8 Å². The second-order valence-electron chi connectivity index (χ2n) is 6.85. The number of carbonyl (C=O) groups excluding carboxylic acids is 2. The van der Waals surface area contributed by atoms with Crippen LogP contribution >= 0.6 is 11.6 Å². The Bertz CT molecular complexity index is 1140. The quantitative estimate of drug-likeness (QED) is 0.559. The molecule has 0 fully saturated rings. The van der Waals surface area contributed by atoms with Crippen molar-refractivity contribution >= 4 is 40.4 Å². The third-order valence-electron chi connectivity index (χ3n) is 4.93. The molecule has 1 aliphatic rings. The monoisotopic (exact) mass is 420 g/mol. The van der Waals surface area contributed by atoms with Crippen LogP contribution < -0.4 is 10.2 Å². The van der Waals surface area contributed by atoms with E-state index >= 15 is 0 Å². The molecule has 0 saturated carbocycles. The number of imide groups is 1. The first kappa shape index (κ1) is 19.9. The normalized spacial score (nSPS) is 13.9. The van der Waals surface area contributed by atoms with Crippen LogP contribution in [-0.4, -0.2) is 11.8 Å². The summed E-state index contributed by atoms with van der Waals surface area (Å²) in [5.41, 5.74) is 3.04. The Morgan fingerprint density at radius 3 is 2.10 bits per heavy atom. The largest absolute Gasteiger partial charge is 0.350 e. The fourth-order valence-corrected chi connectivity index (χ4v) is 3.45. The van der Waals surface area contributed by atoms with Crippen LogP contribution in [0.1, 0.15) is 18.1 Å². The molecule has 0 unspecified atom stereocenters. The van der Waals surface area contributed by atoms with E-state index in [-0.39, 0.29) is 11.3 Å². The summed E-state index contributed by atoms with van der Waals surface area (Å²) in [5.74, 6) is -1.39. The molecule has 30 heavy (non-hydrogen) atoms. The van der Waals surface area contributed by atoms with Crippen molar-refractivity contribution in [1.29, 1.82) is 0 Å². The number of hydrogen-bond acceptors (Lipinski definition) is 3. The minimum atomic E-state index is -0.485. The maximum Gasteiger partial charge on any atom is 0.282 e. The summed E-state index contributed by atoms with van der Waals surface area (Å²) >= 11 is 5.94. The molecule has 0 aromatic heterocycles. The van der Waals surface area contributed by atoms with Crippen molar-refractivity contribution in [2.24, 2.45) is 0 Å². The Morgan fingerprint density at radius 1 is 0.867 bits per heavy atom. The van der Waals surface area contributed by atoms with Crippen LogP contribution in [0.3, 0.4) is 0 Å². The lowest BCUT2D eigenvalue weighted by Crippen LogP contribution is -2.32. The van der Waals surface area contributed by atoms with Gasteiger partial charge in [-0.15, -0.1) is 0 Å². The lowest BCUT2D eigenvalue weighted by atomic mass is 10.0. The zero-order chi connectivity index (χ0) is 21.3. The maximum absolute atomic E-state index is 13.4. The van der Waals surface area contributed by atoms with Crippen LogP contribution in [0.4, 0.5) is 15.8 Å². The Labute approximate surface area is 178 Å². The van der Waals surface area contributed by atoms with Crippen LogP contribution in [0.5, 0.6) is 0 Å². The van der Waals surface area contributed by atoms with E-state index in [2.05, 4.69) is 12.2 Å². The standard InChI is InChI=1S/C24H18ClFN2O2/c1-2-15-3-11-19(12-4-15)27-22-21(16-5-9-18(26)10-6-16)23(29)28(24(22)30)20-13-7-17(25)8-14-20/h3-14,27H,2H2,1H3. The third kappa shape index (κ3) is 3.72. The lowest BCUT2D eigenvalue weighted by molar-refractivity contribution is -0.120. The number of benzene rings is 3. The van der Waals surface area contributed by atoms with Crippen LogP contribution in [0.2, 0.25) is 5.02 Å². The average Bonchev–Trinajstić information content (AvgIpc) is 3.00. The number of halogens is 2. The molecule has 0 bridgehead atoms. The molecule has 0 radical (unpaired) electrons. The van der Waals surface area contributed by atoms with E-state index in [4.69, 9.17) is 11.6 Å². The number of aryl methyl sites for hydroxylation is 1. The van der Waals surface area contributed by atoms with Gasteiger partial charge in [-0.3, -0.25) is 9.59 Å². The van der Waals surface area contributed by atoms with E-state index < -0.39 is 17.6 Å². The predicted molar refractivity (Wildman–Crippen MR) is 117 cm³/mol. The van der Waals surface area contributed by atoms with Gasteiger partial charge in [-0.25, -0.2) is 9.29 Å². The predicted octanol–water partition coefficient (Wildman–Crippen LogP) is 5.44. The Kier molecular flexibility index (Phi) is 5.38. The Balaban J connectivity index is 1.78. The number of anilines is 2. The number of amides is 2. The van der Waals surface area contributed by atoms with E-state index in [1.807, 2.05) is 24.3 Å². The topological polar surface area (TPSA) is 49.4 Å². The van der Waals surface area contributed by atoms with Crippen LogP contribution in [-0.2, 0) is 16.0 Å². The fourth-order valence-electron chi connectivity index (χ4n) is 3.32. The summed E-state index contributed by atoms with van der Waals surface area (Å²) in [6, 6.07) is 19.6. The van der Waals surface area contributed by atoms with Crippen molar-refractivity contribution in [2.45, 2.75) is 13.3 Å². The highest BCUT2D eigenvalue weighted by Gasteiger charge is 2.40. The van der Waals surface area contributed by atoms with Crippen molar-refractivity contribution in [1.82, 2.24) is 0 Å². The van der Waals surface area contributed by atoms with Crippen LogP contribution in [0.15, 0.2) is 78.5 Å². The molecule has 0 saturated heterocycles. The third-order valence-corrected chi connectivity index (χ3v) is 5.19. The average molecular weight is 421 g/mol. The van der Waals surface area contributed by atoms with Crippen LogP contribution in [0.25, 0.3) is 5.57 Å². The number of carbonyl (C=O) groups is 2. The van der Waals surface area contributed by atoms with E-state index in [1.54, 1.807) is 24.3 Å². The highest BCUT2D eigenvalue weighted by molar-refractivity contribution is 6.46. The van der Waals surface area contributed by atoms with Gasteiger partial charge in [-0.2, -0.15) is 0 Å². The minimum Gasteiger partial charge on any atom is -0.350 e. The van der Waals surface area contributed by atoms with E-state index in [9.17, 15) is 14.0 Å². The molecule has 3 aromatic rings. The first-order valence-electron chi connectivity index (χ1n) is 9.48. The number of nitrogens with one attached hydrogen (secondary N) is 1. The first-order valence-corrected chi connectivity index (χ1v) is 9.86. The highest BCUT2D eigenvalue weighted by Crippen LogP contribution is 2.34. The molecule has 0 atom stereocenters. The van der Waals surface area contributed by atoms with Gasteiger partial charge in [0.05, 0.1) is 11.3 Å². The molecule has 1 N–H and O–H groups in total. The molecular formula is C24H18ClFN2O2. The van der Waals surface area contributed by atoms with Gasteiger partial charge in [0.1, 0.15) is 11.5 Å². The summed E-state index contributed by atoms with van der Waals surface area (Å²) in [6.45, 7) is 2.06. The van der Waals surface area contributed by atoms with Gasteiger partial charge in [-0.1, -0.05) is 42.8 Å². The molecule has 0 aliphatic carbocycles. The first-order chi connectivity index (χ1) is 14.5. The molecular weight excluding hydrogens is 403 g/mol. The number of hydrogen-bond donors (Lipinski definition) is 1. The highest BCUT2D eigenvalue weighted by atomic mass is 35.5. The molecule has 150 valence electrons. The molecule has 1 aliphatic heterocycles. The van der Waals surface area contributed by atoms with E-state index in [0.29, 0.717) is 22.0 Å². The van der Waals surface area contributed by atoms with E-state index in [1.165, 1.54) is 24.3 Å². The lowest BCUT2D eigenvalue weighted by Gasteiger charge is -2.15. The summed E-state index contributed by atoms with van der Waals surface area (Å²) in [4.78, 5) is 27.6. The maximum atomic E-state index is 13.4. The smallest absolute Gasteiger partial charge is 0.282 e. The van der Waals surface area contributed by atoms with Gasteiger partial charge in [0.2, 0.25) is 0 Å². The summed E-state index contributed by atoms with van der Waals surface area (Å²) in [5, 5.41) is 3.59. The molecule has 0 spiro atoms. The number of nitrogens with zero attached hydrogens (tertiary/aromatic N) is 1. The Hall–Kier alpha value is -3.44. The van der Waals surface area contributed by atoms with E-state index in [0.717, 1.165) is 16.9 Å². The van der Waals surface area contributed by atoms with Gasteiger partial charge < -0.3 is 5.32 Å². The molecule has 3 aromatic carbocycles. The van der Waals surface area contributed by atoms with Gasteiger partial charge in [0, 0.05) is 10.7 Å². The second-order valence-corrected chi connectivity index (χ2v) is 7.29.